The molecule has 0 N–H and O–H groups in total. The van der Waals surface area contributed by atoms with E-state index in [1.807, 2.05) is 60.7 Å². The monoisotopic (exact) mass is 1690 g/mol. The van der Waals surface area contributed by atoms with Crippen LogP contribution in [-0.4, -0.2) is 17.7 Å². The van der Waals surface area contributed by atoms with Crippen molar-refractivity contribution in [2.24, 2.45) is 0 Å². The van der Waals surface area contributed by atoms with Crippen LogP contribution in [0.4, 0.5) is 25.2 Å². The van der Waals surface area contributed by atoms with Crippen molar-refractivity contribution in [3.8, 4) is 11.8 Å². The summed E-state index contributed by atoms with van der Waals surface area (Å²) < 4.78 is 59.2. The quantitative estimate of drug-likeness (QED) is 0.0264. The molecule has 14 rings (SSSR count). The third kappa shape index (κ3) is 32.2. The summed E-state index contributed by atoms with van der Waals surface area (Å²) in [4.78, 5) is 0. The summed E-state index contributed by atoms with van der Waals surface area (Å²) in [6.45, 7) is 0. The summed E-state index contributed by atoms with van der Waals surface area (Å²) in [5.74, 6) is 8.07. The molecule has 0 aromatic heterocycles. The summed E-state index contributed by atoms with van der Waals surface area (Å²) in [5.41, 5.74) is 1.65. The van der Waals surface area contributed by atoms with Gasteiger partial charge in [0.25, 0.3) is 0 Å². The van der Waals surface area contributed by atoms with E-state index in [1.165, 1.54) is 81.4 Å². The number of halogens is 6. The van der Waals surface area contributed by atoms with E-state index in [-0.39, 0.29) is 51.2 Å². The number of rotatable bonds is 18. The molecular formula is C91H76Cu3F6P7. The summed E-state index contributed by atoms with van der Waals surface area (Å²) in [5, 5.41) is 17.5. The number of hydrogen-bond donors (Lipinski definition) is 0. The van der Waals surface area contributed by atoms with Gasteiger partial charge in [0, 0.05) is 17.7 Å². The molecule has 0 spiro atoms. The Bertz CT molecular complexity index is 3830. The molecule has 0 fully saturated rings. The molecule has 14 aromatic rings. The third-order valence-electron chi connectivity index (χ3n) is 15.5. The molecule has 0 unspecified atom stereocenters. The van der Waals surface area contributed by atoms with Gasteiger partial charge in [-0.1, -0.05) is 400 Å². The zero-order valence-electron chi connectivity index (χ0n) is 57.8. The van der Waals surface area contributed by atoms with Gasteiger partial charge in [-0.05, 0) is 111 Å². The van der Waals surface area contributed by atoms with Gasteiger partial charge in [0.05, 0.1) is 0 Å². The fraction of sp³-hybridized carbons (Fsp3) is 0.0330. The van der Waals surface area contributed by atoms with Gasteiger partial charge >= 0.3 is 84.2 Å². The van der Waals surface area contributed by atoms with Gasteiger partial charge in [-0.2, -0.15) is 0 Å². The summed E-state index contributed by atoms with van der Waals surface area (Å²) in [6.07, 6.45) is 13.4. The van der Waals surface area contributed by atoms with Crippen LogP contribution in [0.25, 0.3) is 0 Å². The molecule has 0 radical (unpaired) electrons. The molecule has 0 amide bonds. The minimum atomic E-state index is -10.7. The minimum absolute atomic E-state index is 0. The van der Waals surface area contributed by atoms with Gasteiger partial charge in [-0.3, -0.25) is 11.8 Å². The fourth-order valence-electron chi connectivity index (χ4n) is 10.6. The molecule has 0 aliphatic carbocycles. The van der Waals surface area contributed by atoms with Crippen LogP contribution in [0, 0.1) is 24.7 Å². The van der Waals surface area contributed by atoms with E-state index >= 15 is 0 Å². The number of benzene rings is 14. The van der Waals surface area contributed by atoms with Crippen molar-refractivity contribution in [2.75, 3.05) is 17.7 Å². The molecule has 0 bridgehead atoms. The molecule has 0 saturated carbocycles. The second-order valence-corrected chi connectivity index (χ2v) is 39.6. The number of hydrogen-bond acceptors (Lipinski definition) is 0. The molecule has 16 heteroatoms. The van der Waals surface area contributed by atoms with Gasteiger partial charge in [0.2, 0.25) is 0 Å². The molecule has 0 saturated heterocycles. The summed E-state index contributed by atoms with van der Waals surface area (Å²) >= 11 is 0. The second kappa shape index (κ2) is 46.0. The van der Waals surface area contributed by atoms with Gasteiger partial charge in [-0.15, -0.1) is 35.4 Å². The van der Waals surface area contributed by atoms with Crippen molar-refractivity contribution in [3.05, 3.63) is 449 Å². The molecule has 550 valence electrons. The van der Waals surface area contributed by atoms with Crippen LogP contribution in [0.5, 0.6) is 0 Å². The Hall–Kier alpha value is -7.65. The van der Waals surface area contributed by atoms with Crippen molar-refractivity contribution in [1.29, 1.82) is 0 Å². The first-order chi connectivity index (χ1) is 50.6. The maximum atomic E-state index is 9.87. The Balaban J connectivity index is 0.000000215. The average Bonchev–Trinajstić information content (AvgIpc) is 0.791. The fourth-order valence-corrected chi connectivity index (χ4v) is 30.0. The van der Waals surface area contributed by atoms with Crippen LogP contribution in [0.2, 0.25) is 0 Å². The molecule has 0 aliphatic rings. The van der Waals surface area contributed by atoms with Crippen molar-refractivity contribution in [3.63, 3.8) is 0 Å². The summed E-state index contributed by atoms with van der Waals surface area (Å²) in [7, 11) is -13.1. The molecule has 107 heavy (non-hydrogen) atoms. The van der Waals surface area contributed by atoms with E-state index in [0.29, 0.717) is 0 Å². The predicted molar refractivity (Wildman–Crippen MR) is 448 cm³/mol. The zero-order chi connectivity index (χ0) is 73.0. The zero-order valence-corrected chi connectivity index (χ0v) is 66.9. The van der Waals surface area contributed by atoms with E-state index < -0.39 is 55.3 Å². The van der Waals surface area contributed by atoms with Crippen LogP contribution in [0.15, 0.2) is 425 Å². The van der Waals surface area contributed by atoms with Gasteiger partial charge < -0.3 is 12.8 Å². The molecule has 14 aromatic carbocycles. The van der Waals surface area contributed by atoms with Gasteiger partial charge in [0.1, 0.15) is 0 Å². The van der Waals surface area contributed by atoms with E-state index in [4.69, 9.17) is 12.8 Å². The second-order valence-electron chi connectivity index (χ2n) is 23.0. The molecule has 0 heterocycles. The first-order valence-electron chi connectivity index (χ1n) is 33.3. The summed E-state index contributed by atoms with van der Waals surface area (Å²) in [6, 6.07) is 151. The maximum Gasteiger partial charge on any atom is 1.00 e. The van der Waals surface area contributed by atoms with Crippen LogP contribution in [0.3, 0.4) is 0 Å². The molecule has 0 nitrogen and oxygen atoms in total. The largest absolute Gasteiger partial charge is 1.00 e. The Kier molecular flexibility index (Phi) is 37.9. The van der Waals surface area contributed by atoms with E-state index in [2.05, 4.69) is 376 Å². The Labute approximate surface area is 668 Å². The van der Waals surface area contributed by atoms with E-state index in [1.54, 1.807) is 0 Å². The average molecular weight is 1690 g/mol. The minimum Gasteiger partial charge on any atom is -0.366 e. The van der Waals surface area contributed by atoms with Gasteiger partial charge in [-0.25, -0.2) is 0 Å². The topological polar surface area (TPSA) is 0 Å². The van der Waals surface area contributed by atoms with Crippen LogP contribution >= 0.6 is 55.3 Å². The van der Waals surface area contributed by atoms with Crippen LogP contribution < -0.4 is 63.7 Å². The molecule has 0 atom stereocenters. The predicted octanol–water partition coefficient (Wildman–Crippen LogP) is 22.3. The Morgan fingerprint density at radius 2 is 0.262 bits per heavy atom. The SMILES string of the molecule is F[P-](F)(F)(F)(F)F.[C-]#Cc1ccccc1.[C-]#Cc1ccccc1.[Cu+].[Cu+].[Cu+].c1ccc(P(CP(c2ccccc2)c2ccccc2)c2ccccc2)cc1.c1ccc(P(CP(c2ccccc2)c2ccccc2)c2ccccc2)cc1.c1ccc(P(CP(c2ccccc2)c2ccccc2)c2ccccc2)cc1. The smallest absolute Gasteiger partial charge is 0.366 e. The van der Waals surface area contributed by atoms with Crippen LogP contribution in [0.1, 0.15) is 11.1 Å². The maximum absolute atomic E-state index is 10.7. The van der Waals surface area contributed by atoms with Crippen molar-refractivity contribution < 1.29 is 76.4 Å². The van der Waals surface area contributed by atoms with Crippen molar-refractivity contribution in [1.82, 2.24) is 0 Å². The molecule has 0 aliphatic heterocycles. The first-order valence-corrected chi connectivity index (χ1v) is 44.5. The Morgan fingerprint density at radius 1 is 0.178 bits per heavy atom. The van der Waals surface area contributed by atoms with Crippen molar-refractivity contribution in [2.45, 2.75) is 0 Å². The van der Waals surface area contributed by atoms with E-state index in [9.17, 15) is 25.2 Å². The normalized spacial score (nSPS) is 11.0. The Morgan fingerprint density at radius 3 is 0.336 bits per heavy atom. The molecular weight excluding hydrogens is 1610 g/mol. The van der Waals surface area contributed by atoms with E-state index in [0.717, 1.165) is 11.1 Å². The third-order valence-corrected chi connectivity index (χ3v) is 33.3. The van der Waals surface area contributed by atoms with Crippen molar-refractivity contribution >= 4 is 119 Å². The van der Waals surface area contributed by atoms with Gasteiger partial charge in [0.15, 0.2) is 0 Å². The van der Waals surface area contributed by atoms with Crippen LogP contribution in [-0.2, 0) is 51.2 Å². The standard InChI is InChI=1S/3C25H22P2.2C8H5.3Cu.F6P/c3*1-5-13-22(14-6-1)26(23-15-7-2-8-16-23)21-27(24-17-9-3-10-18-24)25-19-11-4-12-20-25;2*1-2-8-6-4-3-5-7-8;;;;1-7(2,3,4,5)6/h3*1-20H,21H2;2*3-7H;;;;/q;;;2*-1;3*+1;-1. The first kappa shape index (κ1) is 88.3.